The Kier molecular flexibility index (Phi) is 5.32. The summed E-state index contributed by atoms with van der Waals surface area (Å²) in [6, 6.07) is 8.07. The van der Waals surface area contributed by atoms with Gasteiger partial charge in [-0.1, -0.05) is 0 Å². The lowest BCUT2D eigenvalue weighted by atomic mass is 9.96. The van der Waals surface area contributed by atoms with Crippen molar-refractivity contribution in [3.63, 3.8) is 0 Å². The van der Waals surface area contributed by atoms with Gasteiger partial charge >= 0.3 is 0 Å². The molecule has 168 valence electrons. The van der Waals surface area contributed by atoms with Crippen LogP contribution in [0.5, 0.6) is 0 Å². The second-order valence-corrected chi connectivity index (χ2v) is 8.61. The molecular formula is C25H22F3N5. The number of likely N-dealkylation sites (tertiary alicyclic amines) is 1. The molecule has 4 aromatic rings. The zero-order valence-electron chi connectivity index (χ0n) is 18.5. The number of aromatic nitrogens is 4. The maximum absolute atomic E-state index is 14.7. The second kappa shape index (κ2) is 8.19. The molecular weight excluding hydrogens is 427 g/mol. The van der Waals surface area contributed by atoms with Crippen molar-refractivity contribution in [2.75, 3.05) is 20.1 Å². The zero-order valence-corrected chi connectivity index (χ0v) is 18.5. The molecule has 8 heteroatoms. The largest absolute Gasteiger partial charge is 0.306 e. The van der Waals surface area contributed by atoms with E-state index in [0.29, 0.717) is 22.5 Å². The first-order valence-electron chi connectivity index (χ1n) is 10.8. The molecule has 1 fully saturated rings. The Morgan fingerprint density at radius 1 is 0.879 bits per heavy atom. The number of nitrogens with zero attached hydrogens (tertiary/aromatic N) is 5. The van der Waals surface area contributed by atoms with Crippen molar-refractivity contribution in [2.45, 2.75) is 26.2 Å². The first kappa shape index (κ1) is 21.5. The molecule has 0 spiro atoms. The number of likely N-dealkylation sites (N-methyl/N-ethyl adjacent to an activating group) is 1. The van der Waals surface area contributed by atoms with Gasteiger partial charge in [0.25, 0.3) is 0 Å². The van der Waals surface area contributed by atoms with E-state index in [-0.39, 0.29) is 34.5 Å². The summed E-state index contributed by atoms with van der Waals surface area (Å²) in [5, 5.41) is 0. The van der Waals surface area contributed by atoms with Crippen molar-refractivity contribution in [3.8, 4) is 22.6 Å². The molecule has 33 heavy (non-hydrogen) atoms. The molecule has 5 nitrogen and oxygen atoms in total. The number of hydrogen-bond acceptors (Lipinski definition) is 5. The number of hydrogen-bond donors (Lipinski definition) is 0. The highest BCUT2D eigenvalue weighted by Gasteiger charge is 2.23. The fourth-order valence-electron chi connectivity index (χ4n) is 4.29. The fourth-order valence-corrected chi connectivity index (χ4v) is 4.29. The van der Waals surface area contributed by atoms with Gasteiger partial charge in [0.15, 0.2) is 11.5 Å². The zero-order chi connectivity index (χ0) is 23.3. The molecule has 0 bridgehead atoms. The van der Waals surface area contributed by atoms with Crippen LogP contribution in [0.2, 0.25) is 0 Å². The van der Waals surface area contributed by atoms with E-state index in [2.05, 4.69) is 24.8 Å². The minimum Gasteiger partial charge on any atom is -0.306 e. The summed E-state index contributed by atoms with van der Waals surface area (Å²) < 4.78 is 42.9. The Balaban J connectivity index is 1.73. The van der Waals surface area contributed by atoms with Gasteiger partial charge in [-0.15, -0.1) is 0 Å². The van der Waals surface area contributed by atoms with Crippen LogP contribution in [-0.2, 0) is 0 Å². The van der Waals surface area contributed by atoms with Crippen molar-refractivity contribution in [3.05, 3.63) is 70.8 Å². The standard InChI is InChI=1S/C25H22F3N5/c1-13-14(2)30-25-23(29-13)22(20-5-4-18(26)11-21(20)28)31-24(32-25)17-8-16(9-19(27)10-17)15-6-7-33(3)12-15/h4-5,8-11,15H,6-7,12H2,1-3H3. The molecule has 0 N–H and O–H groups in total. The molecule has 1 aliphatic rings. The van der Waals surface area contributed by atoms with Gasteiger partial charge in [-0.25, -0.2) is 33.1 Å². The number of benzene rings is 2. The fraction of sp³-hybridized carbons (Fsp3) is 0.280. The van der Waals surface area contributed by atoms with Crippen LogP contribution in [0.4, 0.5) is 13.2 Å². The Morgan fingerprint density at radius 3 is 2.39 bits per heavy atom. The topological polar surface area (TPSA) is 54.8 Å². The predicted octanol–water partition coefficient (Wildman–Crippen LogP) is 5.21. The minimum atomic E-state index is -0.769. The van der Waals surface area contributed by atoms with Crippen molar-refractivity contribution in [1.82, 2.24) is 24.8 Å². The Labute approximate surface area is 189 Å². The average Bonchev–Trinajstić information content (AvgIpc) is 3.20. The van der Waals surface area contributed by atoms with Crippen LogP contribution < -0.4 is 0 Å². The van der Waals surface area contributed by atoms with Gasteiger partial charge in [-0.05, 0) is 75.7 Å². The Morgan fingerprint density at radius 2 is 1.67 bits per heavy atom. The molecule has 2 aromatic heterocycles. The lowest BCUT2D eigenvalue weighted by molar-refractivity contribution is 0.411. The van der Waals surface area contributed by atoms with E-state index < -0.39 is 11.6 Å². The molecule has 1 atom stereocenters. The predicted molar refractivity (Wildman–Crippen MR) is 120 cm³/mol. The highest BCUT2D eigenvalue weighted by Crippen LogP contribution is 2.33. The van der Waals surface area contributed by atoms with Crippen LogP contribution in [-0.4, -0.2) is 45.0 Å². The molecule has 1 aliphatic heterocycles. The van der Waals surface area contributed by atoms with E-state index in [1.54, 1.807) is 19.9 Å². The van der Waals surface area contributed by atoms with E-state index >= 15 is 0 Å². The molecule has 1 saturated heterocycles. The van der Waals surface area contributed by atoms with Crippen LogP contribution in [0.15, 0.2) is 36.4 Å². The van der Waals surface area contributed by atoms with Crippen LogP contribution in [0, 0.1) is 31.3 Å². The van der Waals surface area contributed by atoms with E-state index in [0.717, 1.165) is 37.2 Å². The minimum absolute atomic E-state index is 0.0802. The molecule has 2 aromatic carbocycles. The molecule has 1 unspecified atom stereocenters. The maximum Gasteiger partial charge on any atom is 0.182 e. The maximum atomic E-state index is 14.7. The number of rotatable bonds is 3. The highest BCUT2D eigenvalue weighted by atomic mass is 19.1. The van der Waals surface area contributed by atoms with Gasteiger partial charge < -0.3 is 4.90 Å². The highest BCUT2D eigenvalue weighted by molar-refractivity contribution is 5.88. The van der Waals surface area contributed by atoms with Crippen LogP contribution >= 0.6 is 0 Å². The summed E-state index contributed by atoms with van der Waals surface area (Å²) in [5.41, 5.74) is 3.53. The monoisotopic (exact) mass is 449 g/mol. The lowest BCUT2D eigenvalue weighted by Gasteiger charge is -2.14. The summed E-state index contributed by atoms with van der Waals surface area (Å²) in [4.78, 5) is 20.4. The molecule has 0 saturated carbocycles. The lowest BCUT2D eigenvalue weighted by Crippen LogP contribution is -2.13. The van der Waals surface area contributed by atoms with E-state index in [1.165, 1.54) is 12.1 Å². The quantitative estimate of drug-likeness (QED) is 0.430. The summed E-state index contributed by atoms with van der Waals surface area (Å²) >= 11 is 0. The molecule has 0 radical (unpaired) electrons. The van der Waals surface area contributed by atoms with Crippen molar-refractivity contribution < 1.29 is 13.2 Å². The summed E-state index contributed by atoms with van der Waals surface area (Å²) in [7, 11) is 2.04. The number of halogens is 3. The Hall–Kier alpha value is -3.39. The smallest absolute Gasteiger partial charge is 0.182 e. The van der Waals surface area contributed by atoms with Crippen LogP contribution in [0.25, 0.3) is 33.8 Å². The summed E-state index contributed by atoms with van der Waals surface area (Å²) in [6.45, 7) is 5.39. The van der Waals surface area contributed by atoms with Crippen LogP contribution in [0.3, 0.4) is 0 Å². The van der Waals surface area contributed by atoms with Crippen molar-refractivity contribution >= 4 is 11.2 Å². The van der Waals surface area contributed by atoms with Gasteiger partial charge in [-0.2, -0.15) is 0 Å². The van der Waals surface area contributed by atoms with E-state index in [9.17, 15) is 13.2 Å². The number of fused-ring (bicyclic) bond motifs is 1. The molecule has 5 rings (SSSR count). The summed E-state index contributed by atoms with van der Waals surface area (Å²) in [5.74, 6) is -1.42. The van der Waals surface area contributed by atoms with Gasteiger partial charge in [0.2, 0.25) is 0 Å². The molecule has 0 aliphatic carbocycles. The summed E-state index contributed by atoms with van der Waals surface area (Å²) in [6.07, 6.45) is 0.938. The Bertz CT molecular complexity index is 1390. The van der Waals surface area contributed by atoms with Crippen LogP contribution in [0.1, 0.15) is 29.3 Å². The van der Waals surface area contributed by atoms with Gasteiger partial charge in [0.05, 0.1) is 11.4 Å². The average molecular weight is 449 g/mol. The van der Waals surface area contributed by atoms with Crippen molar-refractivity contribution in [1.29, 1.82) is 0 Å². The first-order chi connectivity index (χ1) is 15.8. The van der Waals surface area contributed by atoms with E-state index in [4.69, 9.17) is 0 Å². The molecule has 0 amide bonds. The third kappa shape index (κ3) is 4.06. The van der Waals surface area contributed by atoms with Gasteiger partial charge in [-0.3, -0.25) is 0 Å². The molecule has 3 heterocycles. The van der Waals surface area contributed by atoms with E-state index in [1.807, 2.05) is 13.1 Å². The third-order valence-electron chi connectivity index (χ3n) is 6.17. The van der Waals surface area contributed by atoms with Gasteiger partial charge in [0.1, 0.15) is 28.7 Å². The van der Waals surface area contributed by atoms with Crippen molar-refractivity contribution in [2.24, 2.45) is 0 Å². The third-order valence-corrected chi connectivity index (χ3v) is 6.17. The first-order valence-corrected chi connectivity index (χ1v) is 10.8. The second-order valence-electron chi connectivity index (χ2n) is 8.61. The number of aryl methyl sites for hydroxylation is 2. The van der Waals surface area contributed by atoms with Gasteiger partial charge in [0, 0.05) is 23.7 Å². The SMILES string of the molecule is Cc1nc2nc(-c3cc(F)cc(C4CCN(C)C4)c3)nc(-c3ccc(F)cc3F)c2nc1C. The normalized spacial score (nSPS) is 16.6.